The Labute approximate surface area is 155 Å². The minimum Gasteiger partial charge on any atom is -0.450 e. The van der Waals surface area contributed by atoms with E-state index in [1.165, 1.54) is 0 Å². The van der Waals surface area contributed by atoms with Crippen LogP contribution in [0.25, 0.3) is 0 Å². The van der Waals surface area contributed by atoms with E-state index >= 15 is 0 Å². The average Bonchev–Trinajstić information content (AvgIpc) is 2.69. The fourth-order valence-corrected chi connectivity index (χ4v) is 3.48. The van der Waals surface area contributed by atoms with Crippen molar-refractivity contribution in [3.05, 3.63) is 12.3 Å². The summed E-state index contributed by atoms with van der Waals surface area (Å²) in [4.78, 5) is 27.4. The zero-order valence-corrected chi connectivity index (χ0v) is 15.9. The first-order valence-corrected chi connectivity index (χ1v) is 9.68. The van der Waals surface area contributed by atoms with E-state index in [0.29, 0.717) is 25.7 Å². The van der Waals surface area contributed by atoms with Crippen molar-refractivity contribution in [2.45, 2.75) is 32.7 Å². The van der Waals surface area contributed by atoms with Gasteiger partial charge in [-0.05, 0) is 32.4 Å². The molecule has 0 spiro atoms. The van der Waals surface area contributed by atoms with Gasteiger partial charge in [0, 0.05) is 51.5 Å². The second kappa shape index (κ2) is 9.02. The van der Waals surface area contributed by atoms with Crippen LogP contribution >= 0.6 is 0 Å². The Hall–Kier alpha value is -2.09. The highest BCUT2D eigenvalue weighted by Gasteiger charge is 2.24. The van der Waals surface area contributed by atoms with Gasteiger partial charge >= 0.3 is 6.09 Å². The molecule has 0 unspecified atom stereocenters. The summed E-state index contributed by atoms with van der Waals surface area (Å²) in [5, 5.41) is 3.50. The number of amides is 1. The largest absolute Gasteiger partial charge is 0.450 e. The monoisotopic (exact) mass is 362 g/mol. The first-order chi connectivity index (χ1) is 12.7. The number of likely N-dealkylation sites (tertiary alicyclic amines) is 1. The molecule has 2 fully saturated rings. The summed E-state index contributed by atoms with van der Waals surface area (Å²) in [5.41, 5.74) is 0. The molecule has 0 radical (unpaired) electrons. The molecule has 1 amide bonds. The fraction of sp³-hybridized carbons (Fsp3) is 0.722. The number of likely N-dealkylation sites (N-methyl/N-ethyl adjacent to an activating group) is 1. The van der Waals surface area contributed by atoms with Crippen molar-refractivity contribution in [3.8, 4) is 0 Å². The molecule has 3 heterocycles. The van der Waals surface area contributed by atoms with E-state index in [9.17, 15) is 4.79 Å². The molecule has 2 aliphatic rings. The number of piperazine rings is 1. The smallest absolute Gasteiger partial charge is 0.409 e. The van der Waals surface area contributed by atoms with Gasteiger partial charge in [0.05, 0.1) is 6.61 Å². The van der Waals surface area contributed by atoms with Gasteiger partial charge in [-0.25, -0.2) is 9.78 Å². The molecule has 8 nitrogen and oxygen atoms in total. The summed E-state index contributed by atoms with van der Waals surface area (Å²) in [5.74, 6) is 1.66. The zero-order chi connectivity index (χ0) is 18.4. The van der Waals surface area contributed by atoms with E-state index in [4.69, 9.17) is 9.72 Å². The standard InChI is InChI=1S/C18H30N6O2/c1-3-22-11-13-23(14-12-22)17-19-8-5-16(21-17)20-15-6-9-24(10-7-15)18(25)26-4-2/h5,8,15H,3-4,6-7,9-14H2,1-2H3,(H,19,20,21). The van der Waals surface area contributed by atoms with Crippen molar-refractivity contribution in [1.82, 2.24) is 19.8 Å². The second-order valence-corrected chi connectivity index (χ2v) is 6.77. The lowest BCUT2D eigenvalue weighted by atomic mass is 10.1. The van der Waals surface area contributed by atoms with Gasteiger partial charge in [0.1, 0.15) is 5.82 Å². The van der Waals surface area contributed by atoms with Crippen LogP contribution in [0.5, 0.6) is 0 Å². The number of hydrogen-bond acceptors (Lipinski definition) is 7. The predicted molar refractivity (Wildman–Crippen MR) is 102 cm³/mol. The summed E-state index contributed by atoms with van der Waals surface area (Å²) in [6.45, 7) is 11.0. The Morgan fingerprint density at radius 2 is 1.92 bits per heavy atom. The third-order valence-electron chi connectivity index (χ3n) is 5.12. The minimum absolute atomic E-state index is 0.207. The molecule has 1 aromatic heterocycles. The summed E-state index contributed by atoms with van der Waals surface area (Å²) >= 11 is 0. The first-order valence-electron chi connectivity index (χ1n) is 9.68. The van der Waals surface area contributed by atoms with Crippen LogP contribution in [-0.4, -0.2) is 84.3 Å². The molecular weight excluding hydrogens is 332 g/mol. The van der Waals surface area contributed by atoms with Crippen LogP contribution in [0.4, 0.5) is 16.6 Å². The van der Waals surface area contributed by atoms with Crippen LogP contribution < -0.4 is 10.2 Å². The lowest BCUT2D eigenvalue weighted by molar-refractivity contribution is 0.0983. The lowest BCUT2D eigenvalue weighted by Gasteiger charge is -2.34. The summed E-state index contributed by atoms with van der Waals surface area (Å²) in [6.07, 6.45) is 3.41. The van der Waals surface area contributed by atoms with Crippen molar-refractivity contribution < 1.29 is 9.53 Å². The molecule has 2 aliphatic heterocycles. The van der Waals surface area contributed by atoms with Gasteiger partial charge in [0.2, 0.25) is 5.95 Å². The molecule has 0 atom stereocenters. The quantitative estimate of drug-likeness (QED) is 0.854. The molecule has 26 heavy (non-hydrogen) atoms. The van der Waals surface area contributed by atoms with Crippen molar-refractivity contribution in [2.75, 3.05) is 62.6 Å². The van der Waals surface area contributed by atoms with E-state index in [0.717, 1.165) is 57.3 Å². The maximum atomic E-state index is 11.8. The minimum atomic E-state index is -0.207. The van der Waals surface area contributed by atoms with Gasteiger partial charge < -0.3 is 24.8 Å². The van der Waals surface area contributed by atoms with Gasteiger partial charge in [-0.3, -0.25) is 0 Å². The van der Waals surface area contributed by atoms with E-state index in [2.05, 4.69) is 27.0 Å². The van der Waals surface area contributed by atoms with Crippen LogP contribution in [-0.2, 0) is 4.74 Å². The third kappa shape index (κ3) is 4.75. The lowest BCUT2D eigenvalue weighted by Crippen LogP contribution is -2.46. The number of piperidine rings is 1. The summed E-state index contributed by atoms with van der Waals surface area (Å²) in [6, 6.07) is 2.24. The number of aromatic nitrogens is 2. The van der Waals surface area contributed by atoms with Gasteiger partial charge in [-0.15, -0.1) is 0 Å². The van der Waals surface area contributed by atoms with Crippen LogP contribution in [0.2, 0.25) is 0 Å². The highest BCUT2D eigenvalue weighted by Crippen LogP contribution is 2.18. The van der Waals surface area contributed by atoms with Crippen LogP contribution in [0.15, 0.2) is 12.3 Å². The van der Waals surface area contributed by atoms with Crippen LogP contribution in [0.1, 0.15) is 26.7 Å². The maximum Gasteiger partial charge on any atom is 0.409 e. The molecule has 8 heteroatoms. The first kappa shape index (κ1) is 18.7. The highest BCUT2D eigenvalue weighted by molar-refractivity contribution is 5.67. The Morgan fingerprint density at radius 1 is 1.19 bits per heavy atom. The van der Waals surface area contributed by atoms with Crippen molar-refractivity contribution in [2.24, 2.45) is 0 Å². The maximum absolute atomic E-state index is 11.8. The van der Waals surface area contributed by atoms with Crippen molar-refractivity contribution in [3.63, 3.8) is 0 Å². The summed E-state index contributed by atoms with van der Waals surface area (Å²) < 4.78 is 5.07. The number of carbonyl (C=O) groups excluding carboxylic acids is 1. The SMILES string of the molecule is CCOC(=O)N1CCC(Nc2ccnc(N3CCN(CC)CC3)n2)CC1. The molecule has 144 valence electrons. The number of carbonyl (C=O) groups is 1. The molecule has 2 saturated heterocycles. The Kier molecular flexibility index (Phi) is 6.49. The van der Waals surface area contributed by atoms with Crippen molar-refractivity contribution >= 4 is 17.9 Å². The predicted octanol–water partition coefficient (Wildman–Crippen LogP) is 1.65. The topological polar surface area (TPSA) is 73.8 Å². The molecule has 0 bridgehead atoms. The van der Waals surface area contributed by atoms with E-state index in [-0.39, 0.29) is 6.09 Å². The van der Waals surface area contributed by atoms with E-state index < -0.39 is 0 Å². The number of nitrogens with one attached hydrogen (secondary N) is 1. The number of ether oxygens (including phenoxy) is 1. The second-order valence-electron chi connectivity index (χ2n) is 6.77. The number of hydrogen-bond donors (Lipinski definition) is 1. The van der Waals surface area contributed by atoms with Crippen LogP contribution in [0.3, 0.4) is 0 Å². The molecule has 1 aromatic rings. The normalized spacial score (nSPS) is 19.5. The summed E-state index contributed by atoms with van der Waals surface area (Å²) in [7, 11) is 0. The Morgan fingerprint density at radius 3 is 2.58 bits per heavy atom. The molecule has 0 saturated carbocycles. The Balaban J connectivity index is 1.51. The third-order valence-corrected chi connectivity index (χ3v) is 5.12. The molecule has 0 aromatic carbocycles. The number of anilines is 2. The molecule has 3 rings (SSSR count). The van der Waals surface area contributed by atoms with Gasteiger partial charge in [-0.1, -0.05) is 6.92 Å². The van der Waals surface area contributed by atoms with Gasteiger partial charge in [0.25, 0.3) is 0 Å². The number of nitrogens with zero attached hydrogens (tertiary/aromatic N) is 5. The Bertz CT molecular complexity index is 583. The van der Waals surface area contributed by atoms with Crippen LogP contribution in [0, 0.1) is 0 Å². The molecular formula is C18H30N6O2. The van der Waals surface area contributed by atoms with E-state index in [1.54, 1.807) is 4.90 Å². The average molecular weight is 362 g/mol. The molecule has 1 N–H and O–H groups in total. The van der Waals surface area contributed by atoms with E-state index in [1.807, 2.05) is 19.2 Å². The number of rotatable bonds is 5. The fourth-order valence-electron chi connectivity index (χ4n) is 3.48. The zero-order valence-electron chi connectivity index (χ0n) is 15.9. The van der Waals surface area contributed by atoms with Gasteiger partial charge in [-0.2, -0.15) is 4.98 Å². The highest BCUT2D eigenvalue weighted by atomic mass is 16.6. The van der Waals surface area contributed by atoms with Gasteiger partial charge in [0.15, 0.2) is 0 Å². The van der Waals surface area contributed by atoms with Crippen molar-refractivity contribution in [1.29, 1.82) is 0 Å². The molecule has 0 aliphatic carbocycles.